The molecule has 5 heteroatoms. The number of nitrogens with zero attached hydrogens (tertiary/aromatic N) is 2. The predicted octanol–water partition coefficient (Wildman–Crippen LogP) is 3.06. The molecule has 1 aromatic carbocycles. The predicted molar refractivity (Wildman–Crippen MR) is 70.1 cm³/mol. The Hall–Kier alpha value is -1.49. The number of hydrogen-bond acceptors (Lipinski definition) is 2. The lowest BCUT2D eigenvalue weighted by molar-refractivity contribution is 0.0991. The van der Waals surface area contributed by atoms with Crippen LogP contribution < -0.4 is 0 Å². The van der Waals surface area contributed by atoms with Crippen LogP contribution in [0.5, 0.6) is 0 Å². The maximum Gasteiger partial charge on any atom is 0.170 e. The molecule has 0 aliphatic rings. The van der Waals surface area contributed by atoms with Crippen LogP contribution in [-0.2, 0) is 13.5 Å². The van der Waals surface area contributed by atoms with E-state index in [1.165, 1.54) is 12.3 Å². The minimum Gasteiger partial charge on any atom is -0.294 e. The number of carbonyl (C=O) groups is 1. The molecule has 2 aromatic rings. The molecule has 0 aliphatic heterocycles. The fourth-order valence-corrected chi connectivity index (χ4v) is 2.13. The maximum absolute atomic E-state index is 13.6. The Bertz CT molecular complexity index is 607. The van der Waals surface area contributed by atoms with Crippen LogP contribution in [0.15, 0.2) is 28.9 Å². The fraction of sp³-hybridized carbons (Fsp3) is 0.231. The summed E-state index contributed by atoms with van der Waals surface area (Å²) in [5.41, 5.74) is 1.71. The Morgan fingerprint density at radius 3 is 2.83 bits per heavy atom. The van der Waals surface area contributed by atoms with Crippen molar-refractivity contribution in [1.82, 2.24) is 9.78 Å². The van der Waals surface area contributed by atoms with Crippen molar-refractivity contribution in [2.45, 2.75) is 13.3 Å². The van der Waals surface area contributed by atoms with Crippen LogP contribution in [0.4, 0.5) is 4.39 Å². The second-order valence-electron chi connectivity index (χ2n) is 4.10. The van der Waals surface area contributed by atoms with Crippen molar-refractivity contribution in [3.05, 3.63) is 51.5 Å². The first-order valence-corrected chi connectivity index (χ1v) is 6.24. The molecule has 0 saturated heterocycles. The summed E-state index contributed by atoms with van der Waals surface area (Å²) in [6.45, 7) is 1.82. The molecular formula is C13H12BrFN2O. The van der Waals surface area contributed by atoms with E-state index >= 15 is 0 Å². The number of aryl methyl sites for hydroxylation is 1. The molecule has 3 nitrogen and oxygen atoms in total. The molecule has 0 radical (unpaired) electrons. The zero-order valence-corrected chi connectivity index (χ0v) is 11.7. The standard InChI is InChI=1S/C13H12BrFN2O/c1-8-11(7-16-17(8)2)13(18)6-9-5-10(14)3-4-12(9)15/h3-5,7H,6H2,1-2H3. The van der Waals surface area contributed by atoms with Gasteiger partial charge in [0, 0.05) is 23.6 Å². The van der Waals surface area contributed by atoms with Crippen molar-refractivity contribution in [3.63, 3.8) is 0 Å². The van der Waals surface area contributed by atoms with Crippen LogP contribution in [0, 0.1) is 12.7 Å². The van der Waals surface area contributed by atoms with Gasteiger partial charge in [0.05, 0.1) is 11.8 Å². The zero-order valence-electron chi connectivity index (χ0n) is 10.1. The highest BCUT2D eigenvalue weighted by atomic mass is 79.9. The zero-order chi connectivity index (χ0) is 13.3. The number of hydrogen-bond donors (Lipinski definition) is 0. The van der Waals surface area contributed by atoms with Crippen molar-refractivity contribution < 1.29 is 9.18 Å². The summed E-state index contributed by atoms with van der Waals surface area (Å²) in [6.07, 6.45) is 1.56. The van der Waals surface area contributed by atoms with Crippen molar-refractivity contribution >= 4 is 21.7 Å². The monoisotopic (exact) mass is 310 g/mol. The summed E-state index contributed by atoms with van der Waals surface area (Å²) in [7, 11) is 1.77. The first kappa shape index (κ1) is 13.0. The van der Waals surface area contributed by atoms with Crippen LogP contribution in [-0.4, -0.2) is 15.6 Å². The average molecular weight is 311 g/mol. The van der Waals surface area contributed by atoms with Gasteiger partial charge >= 0.3 is 0 Å². The van der Waals surface area contributed by atoms with E-state index < -0.39 is 0 Å². The minimum atomic E-state index is -0.368. The van der Waals surface area contributed by atoms with E-state index in [1.807, 2.05) is 6.92 Å². The maximum atomic E-state index is 13.6. The molecular weight excluding hydrogens is 299 g/mol. The van der Waals surface area contributed by atoms with Gasteiger partial charge in [-0.2, -0.15) is 5.10 Å². The van der Waals surface area contributed by atoms with Gasteiger partial charge < -0.3 is 0 Å². The molecule has 0 fully saturated rings. The fourth-order valence-electron chi connectivity index (χ4n) is 1.72. The highest BCUT2D eigenvalue weighted by Gasteiger charge is 2.15. The summed E-state index contributed by atoms with van der Waals surface area (Å²) in [5, 5.41) is 4.01. The average Bonchev–Trinajstić information content (AvgIpc) is 2.65. The Morgan fingerprint density at radius 2 is 2.22 bits per heavy atom. The second kappa shape index (κ2) is 5.02. The quantitative estimate of drug-likeness (QED) is 0.817. The lowest BCUT2D eigenvalue weighted by Crippen LogP contribution is -2.07. The normalized spacial score (nSPS) is 10.7. The Labute approximate surface area is 113 Å². The largest absolute Gasteiger partial charge is 0.294 e. The van der Waals surface area contributed by atoms with Crippen molar-refractivity contribution in [2.24, 2.45) is 7.05 Å². The van der Waals surface area contributed by atoms with E-state index in [1.54, 1.807) is 23.9 Å². The topological polar surface area (TPSA) is 34.9 Å². The van der Waals surface area contributed by atoms with Gasteiger partial charge in [0.15, 0.2) is 5.78 Å². The van der Waals surface area contributed by atoms with Gasteiger partial charge in [0.1, 0.15) is 5.82 Å². The molecule has 0 atom stereocenters. The van der Waals surface area contributed by atoms with E-state index in [2.05, 4.69) is 21.0 Å². The van der Waals surface area contributed by atoms with Crippen molar-refractivity contribution in [2.75, 3.05) is 0 Å². The van der Waals surface area contributed by atoms with E-state index in [-0.39, 0.29) is 18.0 Å². The van der Waals surface area contributed by atoms with Crippen LogP contribution in [0.1, 0.15) is 21.6 Å². The number of halogens is 2. The molecule has 0 amide bonds. The summed E-state index contributed by atoms with van der Waals surface area (Å²) < 4.78 is 15.9. The second-order valence-corrected chi connectivity index (χ2v) is 5.02. The molecule has 18 heavy (non-hydrogen) atoms. The lowest BCUT2D eigenvalue weighted by Gasteiger charge is -2.03. The smallest absolute Gasteiger partial charge is 0.170 e. The van der Waals surface area contributed by atoms with E-state index in [4.69, 9.17) is 0 Å². The van der Waals surface area contributed by atoms with Gasteiger partial charge in [-0.15, -0.1) is 0 Å². The molecule has 94 valence electrons. The number of rotatable bonds is 3. The summed E-state index contributed by atoms with van der Waals surface area (Å²) in [6, 6.07) is 4.58. The minimum absolute atomic E-state index is 0.0395. The number of Topliss-reactive ketones (excluding diaryl/α,β-unsaturated/α-hetero) is 1. The molecule has 0 bridgehead atoms. The van der Waals surface area contributed by atoms with Gasteiger partial charge in [-0.05, 0) is 30.7 Å². The highest BCUT2D eigenvalue weighted by molar-refractivity contribution is 9.10. The molecule has 0 aliphatic carbocycles. The Balaban J connectivity index is 2.27. The Kier molecular flexibility index (Phi) is 3.61. The number of ketones is 1. The molecule has 1 aromatic heterocycles. The van der Waals surface area contributed by atoms with Gasteiger partial charge in [-0.3, -0.25) is 9.48 Å². The van der Waals surface area contributed by atoms with Crippen molar-refractivity contribution in [3.8, 4) is 0 Å². The number of aromatic nitrogens is 2. The first-order valence-electron chi connectivity index (χ1n) is 5.44. The van der Waals surface area contributed by atoms with E-state index in [9.17, 15) is 9.18 Å². The third-order valence-corrected chi connectivity index (χ3v) is 3.39. The number of carbonyl (C=O) groups excluding carboxylic acids is 1. The molecule has 0 spiro atoms. The van der Waals surface area contributed by atoms with Gasteiger partial charge in [-0.1, -0.05) is 15.9 Å². The summed E-state index contributed by atoms with van der Waals surface area (Å²) in [4.78, 5) is 12.1. The lowest BCUT2D eigenvalue weighted by atomic mass is 10.0. The van der Waals surface area contributed by atoms with Gasteiger partial charge in [-0.25, -0.2) is 4.39 Å². The van der Waals surface area contributed by atoms with Gasteiger partial charge in [0.25, 0.3) is 0 Å². The Morgan fingerprint density at radius 1 is 1.50 bits per heavy atom. The summed E-state index contributed by atoms with van der Waals surface area (Å²) in [5.74, 6) is -0.495. The van der Waals surface area contributed by atoms with Crippen LogP contribution in [0.25, 0.3) is 0 Å². The molecule has 1 heterocycles. The third kappa shape index (κ3) is 2.51. The molecule has 2 rings (SSSR count). The van der Waals surface area contributed by atoms with Crippen LogP contribution in [0.3, 0.4) is 0 Å². The molecule has 0 saturated carbocycles. The van der Waals surface area contributed by atoms with Crippen LogP contribution >= 0.6 is 15.9 Å². The van der Waals surface area contributed by atoms with Crippen LogP contribution in [0.2, 0.25) is 0 Å². The van der Waals surface area contributed by atoms with Gasteiger partial charge in [0.2, 0.25) is 0 Å². The SMILES string of the molecule is Cc1c(C(=O)Cc2cc(Br)ccc2F)cnn1C. The van der Waals surface area contributed by atoms with E-state index in [0.29, 0.717) is 11.1 Å². The molecule has 0 unspecified atom stereocenters. The molecule has 0 N–H and O–H groups in total. The van der Waals surface area contributed by atoms with Crippen molar-refractivity contribution in [1.29, 1.82) is 0 Å². The van der Waals surface area contributed by atoms with E-state index in [0.717, 1.165) is 10.2 Å². The third-order valence-electron chi connectivity index (χ3n) is 2.89. The highest BCUT2D eigenvalue weighted by Crippen LogP contribution is 2.18. The summed E-state index contributed by atoms with van der Waals surface area (Å²) >= 11 is 3.27. The number of benzene rings is 1. The first-order chi connectivity index (χ1) is 8.49.